The lowest BCUT2D eigenvalue weighted by Gasteiger charge is -2.37. The predicted molar refractivity (Wildman–Crippen MR) is 109 cm³/mol. The first-order valence-corrected chi connectivity index (χ1v) is 9.94. The zero-order valence-electron chi connectivity index (χ0n) is 17.5. The van der Waals surface area contributed by atoms with Gasteiger partial charge in [-0.1, -0.05) is 11.6 Å². The molecule has 1 aliphatic heterocycles. The first-order chi connectivity index (χ1) is 15.4. The molecule has 182 valence electrons. The zero-order chi connectivity index (χ0) is 24.4. The average molecular weight is 498 g/mol. The molecule has 0 bridgehead atoms. The van der Waals surface area contributed by atoms with Gasteiger partial charge in [-0.15, -0.1) is 0 Å². The molecule has 1 aromatic carbocycles. The van der Waals surface area contributed by atoms with Crippen LogP contribution in [0.15, 0.2) is 24.5 Å². The van der Waals surface area contributed by atoms with E-state index < -0.39 is 39.6 Å². The summed E-state index contributed by atoms with van der Waals surface area (Å²) in [6.45, 7) is 1.52. The molecule has 2 unspecified atom stereocenters. The Morgan fingerprint density at radius 1 is 1.15 bits per heavy atom. The molecule has 2 aromatic rings. The molecule has 0 amide bonds. The monoisotopic (exact) mass is 497 g/mol. The third-order valence-electron chi connectivity index (χ3n) is 4.83. The van der Waals surface area contributed by atoms with E-state index in [-0.39, 0.29) is 24.9 Å². The summed E-state index contributed by atoms with van der Waals surface area (Å²) in [5.74, 6) is -2.77. The number of alkyl halides is 4. The van der Waals surface area contributed by atoms with Crippen LogP contribution >= 0.6 is 11.6 Å². The maximum absolute atomic E-state index is 15.0. The third kappa shape index (κ3) is 5.05. The van der Waals surface area contributed by atoms with Gasteiger partial charge >= 0.3 is 6.18 Å². The van der Waals surface area contributed by atoms with Crippen LogP contribution in [0.2, 0.25) is 0 Å². The van der Waals surface area contributed by atoms with Gasteiger partial charge in [0.05, 0.1) is 31.1 Å². The second kappa shape index (κ2) is 9.41. The van der Waals surface area contributed by atoms with Gasteiger partial charge < -0.3 is 25.3 Å². The lowest BCUT2D eigenvalue weighted by molar-refractivity contribution is -0.164. The smallest absolute Gasteiger partial charge is 0.411 e. The summed E-state index contributed by atoms with van der Waals surface area (Å²) in [4.78, 5) is 1.48. The highest BCUT2D eigenvalue weighted by Crippen LogP contribution is 2.45. The molecule has 0 fully saturated rings. The molecule has 0 saturated carbocycles. The van der Waals surface area contributed by atoms with Crippen LogP contribution in [-0.4, -0.2) is 60.0 Å². The summed E-state index contributed by atoms with van der Waals surface area (Å²) < 4.78 is 86.8. The summed E-state index contributed by atoms with van der Waals surface area (Å²) in [6.07, 6.45) is -3.23. The molecule has 2 heterocycles. The Kier molecular flexibility index (Phi) is 7.17. The molecule has 0 radical (unpaired) electrons. The molecule has 3 N–H and O–H groups in total. The van der Waals surface area contributed by atoms with Crippen molar-refractivity contribution < 1.29 is 36.2 Å². The lowest BCUT2D eigenvalue weighted by Crippen LogP contribution is -2.54. The number of aromatic nitrogens is 3. The Balaban J connectivity index is 1.92. The Morgan fingerprint density at radius 3 is 2.39 bits per heavy atom. The highest BCUT2D eigenvalue weighted by molar-refractivity contribution is 6.27. The van der Waals surface area contributed by atoms with E-state index in [0.29, 0.717) is 20.1 Å². The van der Waals surface area contributed by atoms with Crippen molar-refractivity contribution in [3.8, 4) is 5.75 Å². The van der Waals surface area contributed by atoms with Crippen molar-refractivity contribution in [3.05, 3.63) is 41.7 Å². The Morgan fingerprint density at radius 2 is 1.79 bits per heavy atom. The Hall–Kier alpha value is -2.48. The third-order valence-corrected chi connectivity index (χ3v) is 5.23. The molecule has 3 rings (SSSR count). The van der Waals surface area contributed by atoms with E-state index in [9.17, 15) is 22.0 Å². The van der Waals surface area contributed by atoms with Crippen molar-refractivity contribution in [1.82, 2.24) is 14.8 Å². The van der Waals surface area contributed by atoms with Crippen molar-refractivity contribution in [2.75, 3.05) is 38.9 Å². The summed E-state index contributed by atoms with van der Waals surface area (Å²) in [5.41, 5.74) is 1.15. The summed E-state index contributed by atoms with van der Waals surface area (Å²) >= 11 is 6.43. The van der Waals surface area contributed by atoms with Crippen molar-refractivity contribution in [3.63, 3.8) is 0 Å². The minimum Gasteiger partial charge on any atom is -0.491 e. The molecule has 2 atom stereocenters. The molecule has 33 heavy (non-hydrogen) atoms. The van der Waals surface area contributed by atoms with Crippen LogP contribution in [0.5, 0.6) is 5.75 Å². The Bertz CT molecular complexity index is 1010. The molecule has 0 spiro atoms. The van der Waals surface area contributed by atoms with E-state index in [4.69, 9.17) is 31.5 Å². The number of nitrogens with zero attached hydrogens (tertiary/aromatic N) is 3. The zero-order valence-corrected chi connectivity index (χ0v) is 18.3. The summed E-state index contributed by atoms with van der Waals surface area (Å²) in [7, 11) is 1.51. The number of hydrogen-bond acceptors (Lipinski definition) is 7. The van der Waals surface area contributed by atoms with Crippen LogP contribution in [0.25, 0.3) is 5.70 Å². The predicted octanol–water partition coefficient (Wildman–Crippen LogP) is 3.24. The molecule has 0 saturated heterocycles. The fourth-order valence-corrected chi connectivity index (χ4v) is 3.41. The van der Waals surface area contributed by atoms with E-state index in [0.717, 1.165) is 29.2 Å². The fraction of sp³-hybridized carbons (Fsp3) is 0.474. The number of halogens is 6. The van der Waals surface area contributed by atoms with E-state index in [1.807, 2.05) is 0 Å². The quantitative estimate of drug-likeness (QED) is 0.238. The van der Waals surface area contributed by atoms with Gasteiger partial charge in [-0.2, -0.15) is 23.3 Å². The molecule has 1 aliphatic rings. The molecular weight excluding hydrogens is 477 g/mol. The average Bonchev–Trinajstić information content (AvgIpc) is 3.16. The van der Waals surface area contributed by atoms with Gasteiger partial charge in [0, 0.05) is 19.2 Å². The first kappa shape index (κ1) is 25.1. The highest BCUT2D eigenvalue weighted by Gasteiger charge is 2.55. The van der Waals surface area contributed by atoms with Crippen molar-refractivity contribution in [2.45, 2.75) is 23.6 Å². The van der Waals surface area contributed by atoms with Gasteiger partial charge in [-0.25, -0.2) is 13.5 Å². The van der Waals surface area contributed by atoms with E-state index in [1.165, 1.54) is 7.11 Å². The number of nitrogens with one attached hydrogen (secondary N) is 1. The topological polar surface area (TPSA) is 96.5 Å². The maximum Gasteiger partial charge on any atom is 0.411 e. The summed E-state index contributed by atoms with van der Waals surface area (Å²) in [5, 5.41) is 6.20. The van der Waals surface area contributed by atoms with Gasteiger partial charge in [0.2, 0.25) is 5.95 Å². The number of ether oxygens (including phenoxy) is 3. The number of rotatable bonds is 9. The van der Waals surface area contributed by atoms with Crippen LogP contribution in [0, 0.1) is 11.6 Å². The van der Waals surface area contributed by atoms with Crippen LogP contribution in [0.3, 0.4) is 0 Å². The largest absolute Gasteiger partial charge is 0.491 e. The lowest BCUT2D eigenvalue weighted by atomic mass is 9.92. The van der Waals surface area contributed by atoms with Crippen LogP contribution in [0.1, 0.15) is 12.5 Å². The van der Waals surface area contributed by atoms with Gasteiger partial charge in [-0.05, 0) is 13.0 Å². The van der Waals surface area contributed by atoms with E-state index in [2.05, 4.69) is 15.4 Å². The fourth-order valence-electron chi connectivity index (χ4n) is 3.04. The first-order valence-electron chi connectivity index (χ1n) is 9.56. The molecule has 1 aromatic heterocycles. The van der Waals surface area contributed by atoms with Crippen LogP contribution in [0.4, 0.5) is 27.9 Å². The standard InChI is InChI=1S/C19H21ClF5N5O3/c1-17(26,19(23,24)25)14-9-18(20,29-16-27-10-28-30(14)16)15-12(21)7-11(8-13(15)22)33-6-5-32-4-3-31-2/h7-10H,3-6,26H2,1-2H3,(H,27,28,29). The van der Waals surface area contributed by atoms with Gasteiger partial charge in [0.1, 0.15) is 30.3 Å². The van der Waals surface area contributed by atoms with Crippen molar-refractivity contribution >= 4 is 23.2 Å². The molecule has 8 nitrogen and oxygen atoms in total. The second-order valence-corrected chi connectivity index (χ2v) is 7.87. The summed E-state index contributed by atoms with van der Waals surface area (Å²) in [6, 6.07) is 1.72. The Labute approximate surface area is 190 Å². The number of anilines is 1. The second-order valence-electron chi connectivity index (χ2n) is 7.28. The molecular formula is C19H21ClF5N5O3. The van der Waals surface area contributed by atoms with Gasteiger partial charge in [0.15, 0.2) is 10.5 Å². The van der Waals surface area contributed by atoms with E-state index in [1.54, 1.807) is 0 Å². The SMILES string of the molecule is COCCOCCOc1cc(F)c(C2(Cl)C=C(C(C)(N)C(F)(F)F)n3ncnc3N2)c(F)c1. The maximum atomic E-state index is 15.0. The van der Waals surface area contributed by atoms with Crippen molar-refractivity contribution in [1.29, 1.82) is 0 Å². The number of methoxy groups -OCH3 is 1. The van der Waals surface area contributed by atoms with E-state index >= 15 is 0 Å². The number of fused-ring (bicyclic) bond motifs is 1. The van der Waals surface area contributed by atoms with Crippen LogP contribution in [-0.2, 0) is 14.5 Å². The highest BCUT2D eigenvalue weighted by atomic mass is 35.5. The number of nitrogens with two attached hydrogens (primary N) is 1. The minimum absolute atomic E-state index is 0.00350. The normalized spacial score (nSPS) is 20.0. The molecule has 14 heteroatoms. The van der Waals surface area contributed by atoms with Gasteiger partial charge in [0.25, 0.3) is 0 Å². The molecule has 0 aliphatic carbocycles. The number of benzene rings is 1. The van der Waals surface area contributed by atoms with Gasteiger partial charge in [-0.3, -0.25) is 0 Å². The number of hydrogen-bond donors (Lipinski definition) is 2. The minimum atomic E-state index is -4.93. The van der Waals surface area contributed by atoms with Crippen molar-refractivity contribution in [2.24, 2.45) is 5.73 Å². The van der Waals surface area contributed by atoms with Crippen LogP contribution < -0.4 is 15.8 Å².